The van der Waals surface area contributed by atoms with Gasteiger partial charge in [0, 0.05) is 37.7 Å². The molecule has 0 spiro atoms. The van der Waals surface area contributed by atoms with Gasteiger partial charge in [-0.3, -0.25) is 14.6 Å². The number of aromatic nitrogens is 1. The van der Waals surface area contributed by atoms with Gasteiger partial charge in [-0.2, -0.15) is 0 Å². The fourth-order valence-electron chi connectivity index (χ4n) is 1.80. The first-order valence-electron chi connectivity index (χ1n) is 7.03. The predicted octanol–water partition coefficient (Wildman–Crippen LogP) is 1.81. The van der Waals surface area contributed by atoms with Gasteiger partial charge in [-0.1, -0.05) is 0 Å². The van der Waals surface area contributed by atoms with Gasteiger partial charge in [-0.05, 0) is 32.4 Å². The summed E-state index contributed by atoms with van der Waals surface area (Å²) in [7, 11) is 0. The molecule has 0 aliphatic carbocycles. The molecule has 0 aromatic carbocycles. The summed E-state index contributed by atoms with van der Waals surface area (Å²) in [6.45, 7) is 5.11. The highest BCUT2D eigenvalue weighted by atomic mass is 16.5. The van der Waals surface area contributed by atoms with Crippen LogP contribution >= 0.6 is 0 Å². The number of amides is 1. The van der Waals surface area contributed by atoms with Crippen LogP contribution in [-0.4, -0.2) is 52.7 Å². The Bertz CT molecular complexity index is 448. The Morgan fingerprint density at radius 1 is 1.29 bits per heavy atom. The van der Waals surface area contributed by atoms with Gasteiger partial charge in [0.05, 0.1) is 12.5 Å². The van der Waals surface area contributed by atoms with Crippen molar-refractivity contribution in [2.24, 2.45) is 0 Å². The lowest BCUT2D eigenvalue weighted by atomic mass is 10.2. The van der Waals surface area contributed by atoms with Crippen molar-refractivity contribution in [1.29, 1.82) is 0 Å². The molecule has 1 amide bonds. The van der Waals surface area contributed by atoms with E-state index in [2.05, 4.69) is 4.98 Å². The summed E-state index contributed by atoms with van der Waals surface area (Å²) < 4.78 is 5.44. The number of ether oxygens (including phenoxy) is 1. The fraction of sp³-hybridized carbons (Fsp3) is 0.533. The van der Waals surface area contributed by atoms with Gasteiger partial charge in [-0.25, -0.2) is 0 Å². The van der Waals surface area contributed by atoms with E-state index in [0.29, 0.717) is 25.1 Å². The van der Waals surface area contributed by atoms with E-state index in [1.165, 1.54) is 0 Å². The van der Waals surface area contributed by atoms with Crippen molar-refractivity contribution in [1.82, 2.24) is 9.88 Å². The number of aliphatic carboxylic acids is 1. The Labute approximate surface area is 124 Å². The van der Waals surface area contributed by atoms with Crippen molar-refractivity contribution in [3.8, 4) is 0 Å². The zero-order valence-corrected chi connectivity index (χ0v) is 12.5. The highest BCUT2D eigenvalue weighted by Crippen LogP contribution is 2.06. The average molecular weight is 294 g/mol. The zero-order valence-electron chi connectivity index (χ0n) is 12.5. The van der Waals surface area contributed by atoms with Crippen LogP contribution in [0.15, 0.2) is 24.5 Å². The van der Waals surface area contributed by atoms with Crippen LogP contribution in [-0.2, 0) is 9.53 Å². The van der Waals surface area contributed by atoms with E-state index in [1.807, 2.05) is 13.8 Å². The van der Waals surface area contributed by atoms with Crippen LogP contribution in [0.1, 0.15) is 37.0 Å². The molecule has 0 unspecified atom stereocenters. The Morgan fingerprint density at radius 3 is 2.52 bits per heavy atom. The highest BCUT2D eigenvalue weighted by Gasteiger charge is 2.16. The van der Waals surface area contributed by atoms with Crippen LogP contribution in [0.2, 0.25) is 0 Å². The molecule has 0 radical (unpaired) electrons. The molecular weight excluding hydrogens is 272 g/mol. The van der Waals surface area contributed by atoms with Gasteiger partial charge >= 0.3 is 5.97 Å². The lowest BCUT2D eigenvalue weighted by Crippen LogP contribution is -2.34. The molecule has 0 fully saturated rings. The summed E-state index contributed by atoms with van der Waals surface area (Å²) >= 11 is 0. The van der Waals surface area contributed by atoms with Crippen molar-refractivity contribution < 1.29 is 19.4 Å². The molecule has 0 aliphatic rings. The lowest BCUT2D eigenvalue weighted by molar-refractivity contribution is -0.137. The number of carboxylic acids is 1. The molecule has 1 heterocycles. The first-order valence-corrected chi connectivity index (χ1v) is 7.03. The molecule has 116 valence electrons. The van der Waals surface area contributed by atoms with E-state index in [0.717, 1.165) is 0 Å². The first kappa shape index (κ1) is 17.1. The maximum Gasteiger partial charge on any atom is 0.305 e. The van der Waals surface area contributed by atoms with E-state index in [1.54, 1.807) is 29.4 Å². The van der Waals surface area contributed by atoms with Gasteiger partial charge in [-0.15, -0.1) is 0 Å². The molecule has 0 atom stereocenters. The smallest absolute Gasteiger partial charge is 0.305 e. The first-order chi connectivity index (χ1) is 10.0. The molecule has 1 aromatic heterocycles. The topological polar surface area (TPSA) is 79.7 Å². The maximum atomic E-state index is 12.3. The van der Waals surface area contributed by atoms with Crippen molar-refractivity contribution >= 4 is 11.9 Å². The van der Waals surface area contributed by atoms with Crippen LogP contribution in [0.5, 0.6) is 0 Å². The summed E-state index contributed by atoms with van der Waals surface area (Å²) in [6.07, 6.45) is 3.85. The largest absolute Gasteiger partial charge is 0.481 e. The average Bonchev–Trinajstić information content (AvgIpc) is 2.46. The number of carbonyl (C=O) groups excluding carboxylic acids is 1. The minimum atomic E-state index is -0.916. The number of carbonyl (C=O) groups is 2. The molecule has 1 N–H and O–H groups in total. The highest BCUT2D eigenvalue weighted by molar-refractivity contribution is 5.94. The summed E-state index contributed by atoms with van der Waals surface area (Å²) in [5.41, 5.74) is 0.514. The molecule has 0 saturated heterocycles. The van der Waals surface area contributed by atoms with Crippen molar-refractivity contribution in [2.75, 3.05) is 19.7 Å². The minimum Gasteiger partial charge on any atom is -0.481 e. The molecule has 6 nitrogen and oxygen atoms in total. The zero-order chi connectivity index (χ0) is 15.7. The van der Waals surface area contributed by atoms with Crippen LogP contribution in [0.4, 0.5) is 0 Å². The van der Waals surface area contributed by atoms with Crippen molar-refractivity contribution in [2.45, 2.75) is 32.8 Å². The second kappa shape index (κ2) is 9.07. The fourth-order valence-corrected chi connectivity index (χ4v) is 1.80. The standard InChI is InChI=1S/C15H22N2O4/c1-12(2)21-11-3-9-17(10-6-14(18)19)15(20)13-4-7-16-8-5-13/h4-5,7-8,12H,3,6,9-11H2,1-2H3,(H,18,19). The van der Waals surface area contributed by atoms with E-state index >= 15 is 0 Å². The molecule has 21 heavy (non-hydrogen) atoms. The molecule has 1 rings (SSSR count). The monoisotopic (exact) mass is 294 g/mol. The van der Waals surface area contributed by atoms with Crippen LogP contribution < -0.4 is 0 Å². The van der Waals surface area contributed by atoms with Crippen LogP contribution in [0.25, 0.3) is 0 Å². The summed E-state index contributed by atoms with van der Waals surface area (Å²) in [6, 6.07) is 3.25. The van der Waals surface area contributed by atoms with E-state index in [4.69, 9.17) is 9.84 Å². The van der Waals surface area contributed by atoms with Crippen molar-refractivity contribution in [3.05, 3.63) is 30.1 Å². The van der Waals surface area contributed by atoms with Gasteiger partial charge in [0.1, 0.15) is 0 Å². The van der Waals surface area contributed by atoms with Gasteiger partial charge in [0.2, 0.25) is 0 Å². The normalized spacial score (nSPS) is 10.6. The van der Waals surface area contributed by atoms with E-state index in [9.17, 15) is 9.59 Å². The van der Waals surface area contributed by atoms with Gasteiger partial charge < -0.3 is 14.7 Å². The van der Waals surface area contributed by atoms with Crippen LogP contribution in [0.3, 0.4) is 0 Å². The number of nitrogens with zero attached hydrogens (tertiary/aromatic N) is 2. The maximum absolute atomic E-state index is 12.3. The molecule has 0 bridgehead atoms. The predicted molar refractivity (Wildman–Crippen MR) is 78.1 cm³/mol. The number of pyridine rings is 1. The Kier molecular flexibility index (Phi) is 7.39. The number of hydrogen-bond acceptors (Lipinski definition) is 4. The van der Waals surface area contributed by atoms with Gasteiger partial charge in [0.25, 0.3) is 5.91 Å². The third kappa shape index (κ3) is 6.85. The minimum absolute atomic E-state index is 0.0676. The molecule has 1 aromatic rings. The summed E-state index contributed by atoms with van der Waals surface area (Å²) in [5, 5.41) is 8.79. The SMILES string of the molecule is CC(C)OCCCN(CCC(=O)O)C(=O)c1ccncc1. The summed E-state index contributed by atoms with van der Waals surface area (Å²) in [4.78, 5) is 28.5. The third-order valence-electron chi connectivity index (χ3n) is 2.83. The second-order valence-electron chi connectivity index (χ2n) is 4.94. The molecule has 0 aliphatic heterocycles. The third-order valence-corrected chi connectivity index (χ3v) is 2.83. The Hall–Kier alpha value is -1.95. The van der Waals surface area contributed by atoms with Crippen molar-refractivity contribution in [3.63, 3.8) is 0 Å². The number of rotatable bonds is 9. The van der Waals surface area contributed by atoms with E-state index < -0.39 is 5.97 Å². The number of carboxylic acid groups (broad SMARTS) is 1. The molecule has 0 saturated carbocycles. The molecule has 6 heteroatoms. The number of hydrogen-bond donors (Lipinski definition) is 1. The van der Waals surface area contributed by atoms with Crippen LogP contribution in [0, 0.1) is 0 Å². The summed E-state index contributed by atoms with van der Waals surface area (Å²) in [5.74, 6) is -1.09. The second-order valence-corrected chi connectivity index (χ2v) is 4.94. The molecular formula is C15H22N2O4. The van der Waals surface area contributed by atoms with Gasteiger partial charge in [0.15, 0.2) is 0 Å². The van der Waals surface area contributed by atoms with E-state index in [-0.39, 0.29) is 25.0 Å². The quantitative estimate of drug-likeness (QED) is 0.703. The Balaban J connectivity index is 2.59. The Morgan fingerprint density at radius 2 is 1.95 bits per heavy atom. The lowest BCUT2D eigenvalue weighted by Gasteiger charge is -2.22.